The van der Waals surface area contributed by atoms with Crippen LogP contribution in [-0.2, 0) is 6.18 Å². The van der Waals surface area contributed by atoms with E-state index in [-0.39, 0.29) is 11.8 Å². The van der Waals surface area contributed by atoms with Gasteiger partial charge in [-0.3, -0.25) is 4.79 Å². The van der Waals surface area contributed by atoms with Gasteiger partial charge in [0.2, 0.25) is 11.7 Å². The normalized spacial score (nSPS) is 12.1. The molecule has 6 heteroatoms. The SMILES string of the molecule is CC(C)c1nc(=O)cc(C(F)(F)F)o1. The monoisotopic (exact) mass is 207 g/mol. The molecular weight excluding hydrogens is 199 g/mol. The van der Waals surface area contributed by atoms with E-state index in [1.807, 2.05) is 0 Å². The van der Waals surface area contributed by atoms with Crippen LogP contribution >= 0.6 is 0 Å². The van der Waals surface area contributed by atoms with E-state index in [2.05, 4.69) is 9.40 Å². The van der Waals surface area contributed by atoms with Crippen LogP contribution in [0.1, 0.15) is 31.4 Å². The third-order valence-electron chi connectivity index (χ3n) is 1.46. The maximum Gasteiger partial charge on any atom is 0.449 e. The number of alkyl halides is 3. The molecule has 1 aromatic heterocycles. The molecule has 3 nitrogen and oxygen atoms in total. The van der Waals surface area contributed by atoms with Crippen molar-refractivity contribution in [3.63, 3.8) is 0 Å². The fourth-order valence-corrected chi connectivity index (χ4v) is 0.805. The van der Waals surface area contributed by atoms with Gasteiger partial charge in [-0.15, -0.1) is 0 Å². The van der Waals surface area contributed by atoms with E-state index in [1.54, 1.807) is 13.8 Å². The fraction of sp³-hybridized carbons (Fsp3) is 0.500. The summed E-state index contributed by atoms with van der Waals surface area (Å²) in [5.41, 5.74) is -0.938. The zero-order valence-electron chi connectivity index (χ0n) is 7.55. The van der Waals surface area contributed by atoms with Gasteiger partial charge in [0.15, 0.2) is 0 Å². The van der Waals surface area contributed by atoms with Gasteiger partial charge < -0.3 is 4.42 Å². The van der Waals surface area contributed by atoms with Crippen LogP contribution in [0.15, 0.2) is 15.3 Å². The van der Waals surface area contributed by atoms with Crippen molar-refractivity contribution in [3.8, 4) is 0 Å². The quantitative estimate of drug-likeness (QED) is 0.708. The van der Waals surface area contributed by atoms with Gasteiger partial charge in [0.1, 0.15) is 0 Å². The van der Waals surface area contributed by atoms with E-state index in [1.165, 1.54) is 0 Å². The van der Waals surface area contributed by atoms with Gasteiger partial charge in [-0.25, -0.2) is 0 Å². The van der Waals surface area contributed by atoms with E-state index in [0.717, 1.165) is 0 Å². The first-order valence-electron chi connectivity index (χ1n) is 3.90. The van der Waals surface area contributed by atoms with Crippen molar-refractivity contribution < 1.29 is 17.6 Å². The highest BCUT2D eigenvalue weighted by atomic mass is 19.4. The topological polar surface area (TPSA) is 43.1 Å². The summed E-state index contributed by atoms with van der Waals surface area (Å²) in [7, 11) is 0. The molecule has 0 fully saturated rings. The Morgan fingerprint density at radius 1 is 1.43 bits per heavy atom. The van der Waals surface area contributed by atoms with Crippen molar-refractivity contribution in [1.82, 2.24) is 4.98 Å². The number of aromatic nitrogens is 1. The van der Waals surface area contributed by atoms with Gasteiger partial charge in [0, 0.05) is 5.92 Å². The lowest BCUT2D eigenvalue weighted by molar-refractivity contribution is -0.155. The Hall–Kier alpha value is -1.33. The second-order valence-corrected chi connectivity index (χ2v) is 3.05. The lowest BCUT2D eigenvalue weighted by Gasteiger charge is -2.07. The molecule has 0 aliphatic heterocycles. The largest absolute Gasteiger partial charge is 0.449 e. The summed E-state index contributed by atoms with van der Waals surface area (Å²) in [6.07, 6.45) is -4.65. The smallest absolute Gasteiger partial charge is 0.437 e. The lowest BCUT2D eigenvalue weighted by atomic mass is 10.2. The Morgan fingerprint density at radius 3 is 2.43 bits per heavy atom. The summed E-state index contributed by atoms with van der Waals surface area (Å²) in [5, 5.41) is 0. The molecule has 1 heterocycles. The minimum Gasteiger partial charge on any atom is -0.437 e. The fourth-order valence-electron chi connectivity index (χ4n) is 0.805. The van der Waals surface area contributed by atoms with Crippen molar-refractivity contribution in [1.29, 1.82) is 0 Å². The minimum atomic E-state index is -4.65. The Kier molecular flexibility index (Phi) is 2.64. The Bertz CT molecular complexity index is 381. The molecule has 0 unspecified atom stereocenters. The van der Waals surface area contributed by atoms with Crippen molar-refractivity contribution in [3.05, 3.63) is 28.1 Å². The molecule has 1 rings (SSSR count). The van der Waals surface area contributed by atoms with E-state index in [0.29, 0.717) is 6.07 Å². The zero-order chi connectivity index (χ0) is 10.9. The highest BCUT2D eigenvalue weighted by molar-refractivity contribution is 5.02. The number of halogens is 3. The predicted molar refractivity (Wildman–Crippen MR) is 41.9 cm³/mol. The first-order valence-corrected chi connectivity index (χ1v) is 3.90. The van der Waals surface area contributed by atoms with Crippen LogP contribution in [-0.4, -0.2) is 4.98 Å². The summed E-state index contributed by atoms with van der Waals surface area (Å²) in [6.45, 7) is 3.18. The molecule has 0 aliphatic rings. The highest BCUT2D eigenvalue weighted by Crippen LogP contribution is 2.29. The van der Waals surface area contributed by atoms with Crippen LogP contribution in [0.3, 0.4) is 0 Å². The molecule has 0 radical (unpaired) electrons. The number of hydrogen-bond acceptors (Lipinski definition) is 3. The van der Waals surface area contributed by atoms with Gasteiger partial charge in [-0.1, -0.05) is 13.8 Å². The molecule has 0 saturated carbocycles. The van der Waals surface area contributed by atoms with Gasteiger partial charge in [0.05, 0.1) is 6.07 Å². The molecule has 0 aromatic carbocycles. The minimum absolute atomic E-state index is 0.204. The summed E-state index contributed by atoms with van der Waals surface area (Å²) in [6, 6.07) is 0.339. The Labute approximate surface area is 77.6 Å². The second-order valence-electron chi connectivity index (χ2n) is 3.05. The average Bonchev–Trinajstić information content (AvgIpc) is 2.01. The van der Waals surface area contributed by atoms with Crippen LogP contribution in [0, 0.1) is 0 Å². The maximum atomic E-state index is 12.2. The summed E-state index contributed by atoms with van der Waals surface area (Å²) in [5.74, 6) is -1.86. The molecule has 0 bridgehead atoms. The summed E-state index contributed by atoms with van der Waals surface area (Å²) in [4.78, 5) is 14.1. The molecule has 78 valence electrons. The lowest BCUT2D eigenvalue weighted by Crippen LogP contribution is -2.15. The van der Waals surface area contributed by atoms with E-state index in [9.17, 15) is 18.0 Å². The van der Waals surface area contributed by atoms with Gasteiger partial charge in [-0.2, -0.15) is 18.2 Å². The third-order valence-corrected chi connectivity index (χ3v) is 1.46. The number of hydrogen-bond donors (Lipinski definition) is 0. The highest BCUT2D eigenvalue weighted by Gasteiger charge is 2.35. The van der Waals surface area contributed by atoms with Crippen LogP contribution in [0.25, 0.3) is 0 Å². The second kappa shape index (κ2) is 3.43. The molecule has 0 aliphatic carbocycles. The number of nitrogens with zero attached hydrogens (tertiary/aromatic N) is 1. The van der Waals surface area contributed by atoms with Crippen molar-refractivity contribution >= 4 is 0 Å². The average molecular weight is 207 g/mol. The molecule has 0 amide bonds. The van der Waals surface area contributed by atoms with Crippen molar-refractivity contribution in [2.75, 3.05) is 0 Å². The summed E-state index contributed by atoms with van der Waals surface area (Å²) < 4.78 is 40.9. The van der Waals surface area contributed by atoms with Crippen LogP contribution < -0.4 is 5.56 Å². The summed E-state index contributed by atoms with van der Waals surface area (Å²) >= 11 is 0. The molecule has 1 aromatic rings. The predicted octanol–water partition coefficient (Wildman–Crippen LogP) is 2.18. The van der Waals surface area contributed by atoms with Crippen LogP contribution in [0.2, 0.25) is 0 Å². The first-order chi connectivity index (χ1) is 6.30. The van der Waals surface area contributed by atoms with Gasteiger partial charge in [0.25, 0.3) is 5.56 Å². The molecular formula is C8H8F3NO2. The third kappa shape index (κ3) is 2.34. The van der Waals surface area contributed by atoms with Gasteiger partial charge >= 0.3 is 6.18 Å². The first kappa shape index (κ1) is 10.7. The molecule has 0 N–H and O–H groups in total. The van der Waals surface area contributed by atoms with Gasteiger partial charge in [-0.05, 0) is 0 Å². The number of rotatable bonds is 1. The standard InChI is InChI=1S/C8H8F3NO2/c1-4(2)7-12-6(13)3-5(14-7)8(9,10)11/h3-4H,1-2H3. The molecule has 0 saturated heterocycles. The maximum absolute atomic E-state index is 12.2. The van der Waals surface area contributed by atoms with E-state index >= 15 is 0 Å². The molecule has 0 spiro atoms. The van der Waals surface area contributed by atoms with E-state index in [4.69, 9.17) is 0 Å². The van der Waals surface area contributed by atoms with Crippen molar-refractivity contribution in [2.24, 2.45) is 0 Å². The Morgan fingerprint density at radius 2 is 2.00 bits per heavy atom. The van der Waals surface area contributed by atoms with Crippen molar-refractivity contribution in [2.45, 2.75) is 25.9 Å². The molecule has 14 heavy (non-hydrogen) atoms. The Balaban J connectivity index is 3.28. The van der Waals surface area contributed by atoms with Crippen LogP contribution in [0.5, 0.6) is 0 Å². The van der Waals surface area contributed by atoms with Crippen LogP contribution in [0.4, 0.5) is 13.2 Å². The van der Waals surface area contributed by atoms with E-state index < -0.39 is 17.5 Å². The molecule has 0 atom stereocenters. The zero-order valence-corrected chi connectivity index (χ0v) is 7.55.